The molecule has 0 unspecified atom stereocenters. The van der Waals surface area contributed by atoms with Crippen LogP contribution in [0, 0.1) is 12.7 Å². The number of aromatic hydroxyl groups is 1. The van der Waals surface area contributed by atoms with Gasteiger partial charge in [-0.15, -0.1) is 0 Å². The van der Waals surface area contributed by atoms with Crippen LogP contribution in [0.1, 0.15) is 11.1 Å². The van der Waals surface area contributed by atoms with Crippen LogP contribution in [0.25, 0.3) is 0 Å². The van der Waals surface area contributed by atoms with Gasteiger partial charge >= 0.3 is 0 Å². The number of pyridine rings is 1. The first-order valence-electron chi connectivity index (χ1n) is 5.39. The highest BCUT2D eigenvalue weighted by Gasteiger charge is 2.02. The van der Waals surface area contributed by atoms with Gasteiger partial charge in [-0.05, 0) is 52.2 Å². The van der Waals surface area contributed by atoms with Gasteiger partial charge < -0.3 is 10.4 Å². The Morgan fingerprint density at radius 2 is 2.17 bits per heavy atom. The molecule has 3 nitrogen and oxygen atoms in total. The first-order chi connectivity index (χ1) is 8.56. The Hall–Kier alpha value is -1.62. The Morgan fingerprint density at radius 3 is 2.83 bits per heavy atom. The van der Waals surface area contributed by atoms with Gasteiger partial charge in [-0.1, -0.05) is 6.07 Å². The third-order valence-corrected chi connectivity index (χ3v) is 3.35. The van der Waals surface area contributed by atoms with E-state index in [0.717, 1.165) is 21.4 Å². The van der Waals surface area contributed by atoms with E-state index in [2.05, 4.69) is 26.2 Å². The molecule has 0 fully saturated rings. The molecule has 18 heavy (non-hydrogen) atoms. The molecule has 0 aliphatic rings. The van der Waals surface area contributed by atoms with Crippen molar-refractivity contribution in [2.24, 2.45) is 0 Å². The molecular weight excluding hydrogens is 299 g/mol. The number of benzene rings is 1. The van der Waals surface area contributed by atoms with E-state index in [-0.39, 0.29) is 5.75 Å². The summed E-state index contributed by atoms with van der Waals surface area (Å²) >= 11 is 3.33. The van der Waals surface area contributed by atoms with Gasteiger partial charge in [0.2, 0.25) is 0 Å². The molecule has 0 amide bonds. The normalized spacial score (nSPS) is 10.4. The molecule has 2 aromatic rings. The van der Waals surface area contributed by atoms with E-state index in [4.69, 9.17) is 5.11 Å². The number of halogens is 2. The van der Waals surface area contributed by atoms with Gasteiger partial charge in [0.05, 0.1) is 11.9 Å². The number of aromatic nitrogens is 1. The zero-order chi connectivity index (χ0) is 13.1. The fourth-order valence-corrected chi connectivity index (χ4v) is 1.74. The maximum Gasteiger partial charge on any atom is 0.165 e. The van der Waals surface area contributed by atoms with Crippen molar-refractivity contribution in [1.82, 2.24) is 4.98 Å². The van der Waals surface area contributed by atoms with Crippen LogP contribution in [0.3, 0.4) is 0 Å². The molecule has 0 saturated heterocycles. The monoisotopic (exact) mass is 310 g/mol. The molecule has 1 aromatic heterocycles. The van der Waals surface area contributed by atoms with E-state index in [0.29, 0.717) is 6.54 Å². The minimum absolute atomic E-state index is 0.333. The summed E-state index contributed by atoms with van der Waals surface area (Å²) in [6, 6.07) is 6.28. The van der Waals surface area contributed by atoms with E-state index in [1.807, 2.05) is 13.0 Å². The fourth-order valence-electron chi connectivity index (χ4n) is 1.52. The molecule has 0 radical (unpaired) electrons. The minimum atomic E-state index is -0.612. The molecule has 2 N–H and O–H groups in total. The number of anilines is 1. The molecule has 0 aliphatic carbocycles. The summed E-state index contributed by atoms with van der Waals surface area (Å²) in [5, 5.41) is 12.2. The van der Waals surface area contributed by atoms with E-state index < -0.39 is 5.82 Å². The topological polar surface area (TPSA) is 45.1 Å². The van der Waals surface area contributed by atoms with Gasteiger partial charge in [0.25, 0.3) is 0 Å². The molecule has 0 bridgehead atoms. The molecule has 1 heterocycles. The maximum atomic E-state index is 13.1. The molecule has 0 aliphatic heterocycles. The van der Waals surface area contributed by atoms with Crippen LogP contribution in [-0.2, 0) is 6.54 Å². The van der Waals surface area contributed by atoms with Crippen molar-refractivity contribution in [1.29, 1.82) is 0 Å². The number of nitrogens with one attached hydrogen (secondary N) is 1. The molecule has 1 aromatic carbocycles. The van der Waals surface area contributed by atoms with Gasteiger partial charge in [0.1, 0.15) is 4.60 Å². The molecule has 94 valence electrons. The number of nitrogens with zero attached hydrogens (tertiary/aromatic N) is 1. The molecule has 2 rings (SSSR count). The molecule has 0 atom stereocenters. The largest absolute Gasteiger partial charge is 0.505 e. The van der Waals surface area contributed by atoms with Crippen molar-refractivity contribution < 1.29 is 9.50 Å². The van der Waals surface area contributed by atoms with Crippen LogP contribution < -0.4 is 5.32 Å². The Labute approximate surface area is 113 Å². The predicted molar refractivity (Wildman–Crippen MR) is 72.1 cm³/mol. The third kappa shape index (κ3) is 2.98. The zero-order valence-corrected chi connectivity index (χ0v) is 11.3. The Bertz CT molecular complexity index is 523. The van der Waals surface area contributed by atoms with Gasteiger partial charge in [-0.3, -0.25) is 0 Å². The lowest BCUT2D eigenvalue weighted by atomic mass is 10.2. The average Bonchev–Trinajstić information content (AvgIpc) is 2.35. The second kappa shape index (κ2) is 5.35. The Balaban J connectivity index is 2.06. The lowest BCUT2D eigenvalue weighted by molar-refractivity contribution is 0.432. The highest BCUT2D eigenvalue weighted by atomic mass is 79.9. The second-order valence-electron chi connectivity index (χ2n) is 3.97. The first-order valence-corrected chi connectivity index (χ1v) is 6.19. The number of hydrogen-bond donors (Lipinski definition) is 2. The van der Waals surface area contributed by atoms with E-state index in [9.17, 15) is 4.39 Å². The van der Waals surface area contributed by atoms with Gasteiger partial charge in [0, 0.05) is 6.54 Å². The van der Waals surface area contributed by atoms with E-state index in [1.54, 1.807) is 12.3 Å². The average molecular weight is 311 g/mol. The van der Waals surface area contributed by atoms with Gasteiger partial charge in [0.15, 0.2) is 11.6 Å². The quantitative estimate of drug-likeness (QED) is 0.851. The van der Waals surface area contributed by atoms with Crippen LogP contribution in [0.2, 0.25) is 0 Å². The second-order valence-corrected chi connectivity index (χ2v) is 4.72. The van der Waals surface area contributed by atoms with E-state index >= 15 is 0 Å². The van der Waals surface area contributed by atoms with Crippen LogP contribution in [-0.4, -0.2) is 10.1 Å². The molecule has 0 saturated carbocycles. The van der Waals surface area contributed by atoms with Crippen LogP contribution in [0.4, 0.5) is 10.1 Å². The molecular formula is C13H12BrFN2O. The molecule has 5 heteroatoms. The maximum absolute atomic E-state index is 13.1. The SMILES string of the molecule is Cc1cc(NCc2ccc(O)c(F)c2)cnc1Br. The van der Waals surface area contributed by atoms with Crippen LogP contribution >= 0.6 is 15.9 Å². The Morgan fingerprint density at radius 1 is 1.39 bits per heavy atom. The summed E-state index contributed by atoms with van der Waals surface area (Å²) in [6.45, 7) is 2.42. The van der Waals surface area contributed by atoms with Crippen molar-refractivity contribution in [3.05, 3.63) is 52.0 Å². The van der Waals surface area contributed by atoms with Crippen molar-refractivity contribution in [2.45, 2.75) is 13.5 Å². The Kier molecular flexibility index (Phi) is 3.81. The standard InChI is InChI=1S/C13H12BrFN2O/c1-8-4-10(7-17-13(8)14)16-6-9-2-3-12(18)11(15)5-9/h2-5,7,16,18H,6H2,1H3. The zero-order valence-electron chi connectivity index (χ0n) is 9.74. The van der Waals surface area contributed by atoms with Crippen LogP contribution in [0.5, 0.6) is 5.75 Å². The summed E-state index contributed by atoms with van der Waals surface area (Å²) < 4.78 is 13.9. The molecule has 0 spiro atoms. The number of phenols is 1. The smallest absolute Gasteiger partial charge is 0.165 e. The minimum Gasteiger partial charge on any atom is -0.505 e. The lowest BCUT2D eigenvalue weighted by Gasteiger charge is -2.08. The summed E-state index contributed by atoms with van der Waals surface area (Å²) in [7, 11) is 0. The van der Waals surface area contributed by atoms with Crippen LogP contribution in [0.15, 0.2) is 35.1 Å². The fraction of sp³-hybridized carbons (Fsp3) is 0.154. The summed E-state index contributed by atoms with van der Waals surface area (Å²) in [5.41, 5.74) is 2.65. The number of phenolic OH excluding ortho intramolecular Hbond substituents is 1. The van der Waals surface area contributed by atoms with E-state index in [1.165, 1.54) is 12.1 Å². The number of aryl methyl sites for hydroxylation is 1. The van der Waals surface area contributed by atoms with Crippen molar-refractivity contribution in [2.75, 3.05) is 5.32 Å². The van der Waals surface area contributed by atoms with Gasteiger partial charge in [-0.25, -0.2) is 9.37 Å². The van der Waals surface area contributed by atoms with Crippen molar-refractivity contribution in [3.63, 3.8) is 0 Å². The van der Waals surface area contributed by atoms with Crippen molar-refractivity contribution in [3.8, 4) is 5.75 Å². The highest BCUT2D eigenvalue weighted by Crippen LogP contribution is 2.19. The highest BCUT2D eigenvalue weighted by molar-refractivity contribution is 9.10. The number of rotatable bonds is 3. The van der Waals surface area contributed by atoms with Crippen molar-refractivity contribution >= 4 is 21.6 Å². The lowest BCUT2D eigenvalue weighted by Crippen LogP contribution is -2.00. The summed E-state index contributed by atoms with van der Waals surface area (Å²) in [4.78, 5) is 4.16. The summed E-state index contributed by atoms with van der Waals surface area (Å²) in [5.74, 6) is -0.945. The van der Waals surface area contributed by atoms with Gasteiger partial charge in [-0.2, -0.15) is 0 Å². The summed E-state index contributed by atoms with van der Waals surface area (Å²) in [6.07, 6.45) is 1.70. The third-order valence-electron chi connectivity index (χ3n) is 2.52. The first kappa shape index (κ1) is 12.8. The predicted octanol–water partition coefficient (Wildman–Crippen LogP) is 3.61. The number of hydrogen-bond acceptors (Lipinski definition) is 3.